The van der Waals surface area contributed by atoms with Gasteiger partial charge in [-0.25, -0.2) is 0 Å². The van der Waals surface area contributed by atoms with Gasteiger partial charge in [0.1, 0.15) is 6.04 Å². The van der Waals surface area contributed by atoms with Crippen LogP contribution >= 0.6 is 0 Å². The fourth-order valence-electron chi connectivity index (χ4n) is 1.04. The lowest BCUT2D eigenvalue weighted by Gasteiger charge is -2.06. The second-order valence-electron chi connectivity index (χ2n) is 3.72. The SMILES string of the molecule is CCC(=O)O.N[C@@H](Cc1ccc(O)c(O)c1)C(=O)O. The summed E-state index contributed by atoms with van der Waals surface area (Å²) in [6, 6.07) is 3.09. The zero-order valence-corrected chi connectivity index (χ0v) is 10.4. The Hall–Kier alpha value is -2.28. The maximum absolute atomic E-state index is 10.4. The molecular weight excluding hydrogens is 254 g/mol. The van der Waals surface area contributed by atoms with Gasteiger partial charge < -0.3 is 26.2 Å². The summed E-state index contributed by atoms with van der Waals surface area (Å²) >= 11 is 0. The van der Waals surface area contributed by atoms with Crippen LogP contribution < -0.4 is 5.73 Å². The number of carbonyl (C=O) groups is 2. The first-order valence-corrected chi connectivity index (χ1v) is 5.49. The first-order chi connectivity index (χ1) is 8.77. The van der Waals surface area contributed by atoms with Gasteiger partial charge in [-0.15, -0.1) is 0 Å². The lowest BCUT2D eigenvalue weighted by molar-refractivity contribution is -0.138. The van der Waals surface area contributed by atoms with Crippen molar-refractivity contribution in [3.8, 4) is 11.5 Å². The molecule has 1 aromatic rings. The molecule has 0 heterocycles. The molecule has 1 atom stereocenters. The van der Waals surface area contributed by atoms with Gasteiger partial charge in [0, 0.05) is 6.42 Å². The van der Waals surface area contributed by atoms with E-state index in [1.165, 1.54) is 18.2 Å². The molecule has 1 rings (SSSR count). The zero-order chi connectivity index (χ0) is 15.0. The minimum absolute atomic E-state index is 0.114. The predicted octanol–water partition coefficient (Wildman–Crippen LogP) is 0.533. The monoisotopic (exact) mass is 271 g/mol. The van der Waals surface area contributed by atoms with Crippen LogP contribution in [0.25, 0.3) is 0 Å². The van der Waals surface area contributed by atoms with E-state index in [0.717, 1.165) is 0 Å². The maximum atomic E-state index is 10.4. The Morgan fingerprint density at radius 1 is 1.21 bits per heavy atom. The number of hydrogen-bond donors (Lipinski definition) is 5. The van der Waals surface area contributed by atoms with Crippen LogP contribution in [0.1, 0.15) is 18.9 Å². The van der Waals surface area contributed by atoms with Crippen molar-refractivity contribution in [2.75, 3.05) is 0 Å². The molecule has 0 spiro atoms. The molecule has 0 saturated carbocycles. The van der Waals surface area contributed by atoms with Crippen molar-refractivity contribution < 1.29 is 30.0 Å². The van der Waals surface area contributed by atoms with Crippen molar-refractivity contribution in [1.82, 2.24) is 0 Å². The zero-order valence-electron chi connectivity index (χ0n) is 10.4. The van der Waals surface area contributed by atoms with Crippen LogP contribution in [0.4, 0.5) is 0 Å². The second kappa shape index (κ2) is 7.93. The molecule has 106 valence electrons. The average molecular weight is 271 g/mol. The number of aromatic hydroxyl groups is 2. The average Bonchev–Trinajstić information content (AvgIpc) is 2.34. The molecule has 0 aliphatic rings. The molecule has 7 heteroatoms. The second-order valence-corrected chi connectivity index (χ2v) is 3.72. The Labute approximate surface area is 109 Å². The molecular formula is C12H17NO6. The van der Waals surface area contributed by atoms with Crippen LogP contribution in [0.5, 0.6) is 11.5 Å². The third-order valence-corrected chi connectivity index (χ3v) is 2.12. The van der Waals surface area contributed by atoms with Gasteiger partial charge in [0.15, 0.2) is 11.5 Å². The quantitative estimate of drug-likeness (QED) is 0.503. The summed E-state index contributed by atoms with van der Waals surface area (Å²) in [4.78, 5) is 19.8. The highest BCUT2D eigenvalue weighted by Crippen LogP contribution is 2.25. The lowest BCUT2D eigenvalue weighted by atomic mass is 10.1. The van der Waals surface area contributed by atoms with Crippen LogP contribution in [-0.2, 0) is 16.0 Å². The van der Waals surface area contributed by atoms with Crippen LogP contribution in [0.15, 0.2) is 18.2 Å². The number of aliphatic carboxylic acids is 2. The number of carboxylic acid groups (broad SMARTS) is 2. The molecule has 0 aromatic heterocycles. The minimum Gasteiger partial charge on any atom is -0.504 e. The van der Waals surface area contributed by atoms with Gasteiger partial charge in [-0.2, -0.15) is 0 Å². The fraction of sp³-hybridized carbons (Fsp3) is 0.333. The number of rotatable bonds is 4. The molecule has 0 saturated heterocycles. The Bertz CT molecular complexity index is 446. The van der Waals surface area contributed by atoms with Crippen LogP contribution in [0.3, 0.4) is 0 Å². The van der Waals surface area contributed by atoms with Crippen molar-refractivity contribution in [2.24, 2.45) is 5.73 Å². The third kappa shape index (κ3) is 6.89. The third-order valence-electron chi connectivity index (χ3n) is 2.12. The molecule has 19 heavy (non-hydrogen) atoms. The molecule has 0 unspecified atom stereocenters. The van der Waals surface area contributed by atoms with Gasteiger partial charge in [0.05, 0.1) is 0 Å². The fourth-order valence-corrected chi connectivity index (χ4v) is 1.04. The van der Waals surface area contributed by atoms with E-state index < -0.39 is 18.0 Å². The molecule has 0 radical (unpaired) electrons. The first-order valence-electron chi connectivity index (χ1n) is 5.49. The number of phenolic OH excluding ortho intramolecular Hbond substituents is 2. The summed E-state index contributed by atoms with van der Waals surface area (Å²) < 4.78 is 0. The topological polar surface area (TPSA) is 141 Å². The highest BCUT2D eigenvalue weighted by molar-refractivity contribution is 5.73. The Morgan fingerprint density at radius 3 is 2.11 bits per heavy atom. The molecule has 0 amide bonds. The van der Waals surface area contributed by atoms with Crippen LogP contribution in [0, 0.1) is 0 Å². The van der Waals surface area contributed by atoms with Crippen LogP contribution in [-0.4, -0.2) is 38.4 Å². The van der Waals surface area contributed by atoms with Gasteiger partial charge in [-0.3, -0.25) is 9.59 Å². The summed E-state index contributed by atoms with van der Waals surface area (Å²) in [6.07, 6.45) is 0.336. The summed E-state index contributed by atoms with van der Waals surface area (Å²) in [6.45, 7) is 1.60. The van der Waals surface area contributed by atoms with Gasteiger partial charge in [0.25, 0.3) is 0 Å². The molecule has 0 bridgehead atoms. The summed E-state index contributed by atoms with van der Waals surface area (Å²) in [7, 11) is 0. The summed E-state index contributed by atoms with van der Waals surface area (Å²) in [5.41, 5.74) is 5.86. The van der Waals surface area contributed by atoms with Crippen molar-refractivity contribution in [2.45, 2.75) is 25.8 Å². The predicted molar refractivity (Wildman–Crippen MR) is 67.0 cm³/mol. The summed E-state index contributed by atoms with van der Waals surface area (Å²) in [5, 5.41) is 34.4. The van der Waals surface area contributed by atoms with Crippen molar-refractivity contribution >= 4 is 11.9 Å². The van der Waals surface area contributed by atoms with Crippen molar-refractivity contribution in [3.05, 3.63) is 23.8 Å². The van der Waals surface area contributed by atoms with E-state index in [1.54, 1.807) is 6.92 Å². The Balaban J connectivity index is 0.000000555. The normalized spacial score (nSPS) is 11.1. The molecule has 0 aliphatic heterocycles. The maximum Gasteiger partial charge on any atom is 0.320 e. The van der Waals surface area contributed by atoms with Crippen molar-refractivity contribution in [3.63, 3.8) is 0 Å². The molecule has 6 N–H and O–H groups in total. The van der Waals surface area contributed by atoms with Gasteiger partial charge in [0.2, 0.25) is 0 Å². The van der Waals surface area contributed by atoms with Gasteiger partial charge in [-0.05, 0) is 24.1 Å². The van der Waals surface area contributed by atoms with E-state index in [9.17, 15) is 9.59 Å². The van der Waals surface area contributed by atoms with Gasteiger partial charge >= 0.3 is 11.9 Å². The summed E-state index contributed by atoms with van der Waals surface area (Å²) in [5.74, 6) is -2.36. The van der Waals surface area contributed by atoms with Crippen molar-refractivity contribution in [1.29, 1.82) is 0 Å². The minimum atomic E-state index is -1.10. The largest absolute Gasteiger partial charge is 0.504 e. The number of hydrogen-bond acceptors (Lipinski definition) is 5. The highest BCUT2D eigenvalue weighted by Gasteiger charge is 2.12. The van der Waals surface area contributed by atoms with Gasteiger partial charge in [-0.1, -0.05) is 13.0 Å². The van der Waals surface area contributed by atoms with E-state index in [-0.39, 0.29) is 24.3 Å². The van der Waals surface area contributed by atoms with E-state index in [4.69, 9.17) is 26.2 Å². The number of carboxylic acids is 2. The standard InChI is InChI=1S/C9H11NO4.C3H6O2/c10-6(9(13)14)3-5-1-2-7(11)8(12)4-5;1-2-3(4)5/h1-2,4,6,11-12H,3,10H2,(H,13,14);2H2,1H3,(H,4,5)/t6-;/m0./s1. The molecule has 0 aliphatic carbocycles. The number of benzene rings is 1. The van der Waals surface area contributed by atoms with E-state index in [0.29, 0.717) is 5.56 Å². The Morgan fingerprint density at radius 2 is 1.74 bits per heavy atom. The molecule has 1 aromatic carbocycles. The molecule has 0 fully saturated rings. The van der Waals surface area contributed by atoms with E-state index in [2.05, 4.69) is 0 Å². The highest BCUT2D eigenvalue weighted by atomic mass is 16.4. The lowest BCUT2D eigenvalue weighted by Crippen LogP contribution is -2.32. The number of phenols is 2. The number of nitrogens with two attached hydrogens (primary N) is 1. The van der Waals surface area contributed by atoms with Crippen LogP contribution in [0.2, 0.25) is 0 Å². The molecule has 7 nitrogen and oxygen atoms in total. The van der Waals surface area contributed by atoms with E-state index >= 15 is 0 Å². The van der Waals surface area contributed by atoms with E-state index in [1.807, 2.05) is 0 Å². The Kier molecular flexibility index (Phi) is 6.98. The smallest absolute Gasteiger partial charge is 0.320 e. The first kappa shape index (κ1) is 16.7.